The molecule has 1 aliphatic rings. The number of aliphatic hydroxyl groups is 1. The van der Waals surface area contributed by atoms with Crippen LogP contribution in [0.2, 0.25) is 0 Å². The fourth-order valence-electron chi connectivity index (χ4n) is 2.97. The third kappa shape index (κ3) is 5.18. The molecule has 128 valence electrons. The van der Waals surface area contributed by atoms with Gasteiger partial charge >= 0.3 is 0 Å². The van der Waals surface area contributed by atoms with Crippen molar-refractivity contribution < 1.29 is 14.6 Å². The highest BCUT2D eigenvalue weighted by molar-refractivity contribution is 5.95. The van der Waals surface area contributed by atoms with Crippen molar-refractivity contribution in [3.05, 3.63) is 33.2 Å². The second kappa shape index (κ2) is 8.26. The molecule has 1 fully saturated rings. The van der Waals surface area contributed by atoms with E-state index in [9.17, 15) is 14.7 Å². The zero-order chi connectivity index (χ0) is 16.8. The summed E-state index contributed by atoms with van der Waals surface area (Å²) in [5, 5.41) is 12.5. The van der Waals surface area contributed by atoms with Crippen molar-refractivity contribution in [1.82, 2.24) is 10.3 Å². The molecule has 1 aromatic heterocycles. The first kappa shape index (κ1) is 17.7. The Kier molecular flexibility index (Phi) is 6.36. The predicted octanol–water partition coefficient (Wildman–Crippen LogP) is 1.43. The topological polar surface area (TPSA) is 91.4 Å². The molecule has 0 saturated heterocycles. The molecule has 1 aliphatic carbocycles. The highest BCUT2D eigenvalue weighted by Gasteiger charge is 2.18. The minimum Gasteiger partial charge on any atom is -0.389 e. The Hall–Kier alpha value is -1.66. The van der Waals surface area contributed by atoms with Crippen LogP contribution in [0.25, 0.3) is 0 Å². The summed E-state index contributed by atoms with van der Waals surface area (Å²) in [6.07, 6.45) is 5.12. The second-order valence-corrected chi connectivity index (χ2v) is 6.30. The van der Waals surface area contributed by atoms with Crippen LogP contribution in [0.3, 0.4) is 0 Å². The Morgan fingerprint density at radius 1 is 1.39 bits per heavy atom. The fourth-order valence-corrected chi connectivity index (χ4v) is 2.97. The molecule has 0 bridgehead atoms. The summed E-state index contributed by atoms with van der Waals surface area (Å²) in [6, 6.07) is 1.75. The number of amides is 1. The molecule has 1 saturated carbocycles. The van der Waals surface area contributed by atoms with Crippen LogP contribution >= 0.6 is 0 Å². The molecule has 23 heavy (non-hydrogen) atoms. The van der Waals surface area contributed by atoms with Gasteiger partial charge in [0.1, 0.15) is 5.56 Å². The number of hydrogen-bond acceptors (Lipinski definition) is 4. The maximum absolute atomic E-state index is 12.1. The van der Waals surface area contributed by atoms with Crippen LogP contribution in [0.5, 0.6) is 0 Å². The lowest BCUT2D eigenvalue weighted by atomic mass is 9.98. The van der Waals surface area contributed by atoms with Crippen molar-refractivity contribution in [2.45, 2.75) is 58.2 Å². The van der Waals surface area contributed by atoms with Gasteiger partial charge in [0.05, 0.1) is 18.8 Å². The third-order valence-corrected chi connectivity index (χ3v) is 4.17. The van der Waals surface area contributed by atoms with Crippen LogP contribution in [0.4, 0.5) is 0 Å². The fraction of sp³-hybridized carbons (Fsp3) is 0.647. The van der Waals surface area contributed by atoms with Gasteiger partial charge in [-0.3, -0.25) is 9.59 Å². The number of aryl methyl sites for hydroxylation is 2. The summed E-state index contributed by atoms with van der Waals surface area (Å²) in [4.78, 5) is 26.6. The van der Waals surface area contributed by atoms with Crippen LogP contribution in [-0.4, -0.2) is 41.4 Å². The van der Waals surface area contributed by atoms with Gasteiger partial charge < -0.3 is 20.1 Å². The molecule has 6 heteroatoms. The Morgan fingerprint density at radius 2 is 2.09 bits per heavy atom. The van der Waals surface area contributed by atoms with E-state index in [0.717, 1.165) is 12.8 Å². The van der Waals surface area contributed by atoms with Gasteiger partial charge in [-0.2, -0.15) is 0 Å². The van der Waals surface area contributed by atoms with E-state index in [-0.39, 0.29) is 24.8 Å². The molecule has 0 spiro atoms. The molecule has 0 unspecified atom stereocenters. The number of H-pyrrole nitrogens is 1. The smallest absolute Gasteiger partial charge is 0.261 e. The number of aromatic amines is 1. The van der Waals surface area contributed by atoms with Crippen LogP contribution in [0.1, 0.15) is 53.7 Å². The van der Waals surface area contributed by atoms with Crippen molar-refractivity contribution in [3.63, 3.8) is 0 Å². The lowest BCUT2D eigenvalue weighted by Gasteiger charge is -2.23. The normalized spacial score (nSPS) is 17.0. The molecule has 1 heterocycles. The van der Waals surface area contributed by atoms with E-state index in [0.29, 0.717) is 11.3 Å². The van der Waals surface area contributed by atoms with Gasteiger partial charge in [0, 0.05) is 12.2 Å². The summed E-state index contributed by atoms with van der Waals surface area (Å²) < 4.78 is 5.68. The van der Waals surface area contributed by atoms with Crippen molar-refractivity contribution in [2.24, 2.45) is 0 Å². The van der Waals surface area contributed by atoms with E-state index < -0.39 is 17.6 Å². The summed E-state index contributed by atoms with van der Waals surface area (Å²) in [6.45, 7) is 3.76. The first-order chi connectivity index (χ1) is 11.0. The van der Waals surface area contributed by atoms with Crippen LogP contribution in [0.15, 0.2) is 10.9 Å². The van der Waals surface area contributed by atoms with E-state index in [1.807, 2.05) is 0 Å². The highest BCUT2D eigenvalue weighted by atomic mass is 16.5. The van der Waals surface area contributed by atoms with Gasteiger partial charge in [0.15, 0.2) is 0 Å². The molecule has 0 radical (unpaired) electrons. The van der Waals surface area contributed by atoms with E-state index in [2.05, 4.69) is 10.3 Å². The minimum atomic E-state index is -0.772. The largest absolute Gasteiger partial charge is 0.389 e. The van der Waals surface area contributed by atoms with Gasteiger partial charge in [-0.05, 0) is 38.3 Å². The van der Waals surface area contributed by atoms with Gasteiger partial charge in [-0.25, -0.2) is 0 Å². The Balaban J connectivity index is 1.80. The van der Waals surface area contributed by atoms with E-state index in [1.165, 1.54) is 19.3 Å². The number of carbonyl (C=O) groups excluding carboxylic acids is 1. The Labute approximate surface area is 136 Å². The van der Waals surface area contributed by atoms with Gasteiger partial charge in [-0.15, -0.1) is 0 Å². The molecule has 1 amide bonds. The van der Waals surface area contributed by atoms with Crippen LogP contribution < -0.4 is 10.9 Å². The maximum Gasteiger partial charge on any atom is 0.261 e. The van der Waals surface area contributed by atoms with Crippen molar-refractivity contribution >= 4 is 5.91 Å². The molecule has 0 aromatic carbocycles. The quantitative estimate of drug-likeness (QED) is 0.739. The second-order valence-electron chi connectivity index (χ2n) is 6.30. The number of aliphatic hydroxyl groups excluding tert-OH is 1. The number of hydrogen-bond donors (Lipinski definition) is 3. The molecule has 1 aromatic rings. The number of nitrogens with one attached hydrogen (secondary N) is 2. The average Bonchev–Trinajstić information content (AvgIpc) is 2.51. The van der Waals surface area contributed by atoms with E-state index >= 15 is 0 Å². The molecule has 3 N–H and O–H groups in total. The van der Waals surface area contributed by atoms with Crippen LogP contribution in [0, 0.1) is 13.8 Å². The standard InChI is InChI=1S/C17H26N2O4/c1-11-8-12(2)19-17(22)15(11)16(21)18-9-13(20)10-23-14-6-4-3-5-7-14/h8,13-14,20H,3-7,9-10H2,1-2H3,(H,18,21)(H,19,22)/t13-/m1/s1. The molecule has 0 aliphatic heterocycles. The molecule has 6 nitrogen and oxygen atoms in total. The Bertz CT molecular complexity index is 591. The average molecular weight is 322 g/mol. The first-order valence-electron chi connectivity index (χ1n) is 8.25. The third-order valence-electron chi connectivity index (χ3n) is 4.17. The van der Waals surface area contributed by atoms with E-state index in [4.69, 9.17) is 4.74 Å². The summed E-state index contributed by atoms with van der Waals surface area (Å²) in [7, 11) is 0. The molecule has 2 rings (SSSR count). The number of carbonyl (C=O) groups is 1. The monoisotopic (exact) mass is 322 g/mol. The highest BCUT2D eigenvalue weighted by Crippen LogP contribution is 2.20. The SMILES string of the molecule is Cc1cc(C)c(C(=O)NC[C@@H](O)COC2CCCCC2)c(=O)[nH]1. The van der Waals surface area contributed by atoms with Gasteiger partial charge in [-0.1, -0.05) is 19.3 Å². The summed E-state index contributed by atoms with van der Waals surface area (Å²) in [5.74, 6) is -0.472. The number of pyridine rings is 1. The van der Waals surface area contributed by atoms with Crippen molar-refractivity contribution in [3.8, 4) is 0 Å². The zero-order valence-electron chi connectivity index (χ0n) is 13.9. The van der Waals surface area contributed by atoms with Gasteiger partial charge in [0.2, 0.25) is 0 Å². The summed E-state index contributed by atoms with van der Waals surface area (Å²) in [5.41, 5.74) is 1.02. The number of ether oxygens (including phenoxy) is 1. The summed E-state index contributed by atoms with van der Waals surface area (Å²) >= 11 is 0. The number of aromatic nitrogens is 1. The molecule has 1 atom stereocenters. The number of rotatable bonds is 6. The maximum atomic E-state index is 12.1. The van der Waals surface area contributed by atoms with Crippen molar-refractivity contribution in [2.75, 3.05) is 13.2 Å². The molecular weight excluding hydrogens is 296 g/mol. The predicted molar refractivity (Wildman–Crippen MR) is 87.7 cm³/mol. The molecular formula is C17H26N2O4. The van der Waals surface area contributed by atoms with Crippen molar-refractivity contribution in [1.29, 1.82) is 0 Å². The first-order valence-corrected chi connectivity index (χ1v) is 8.25. The lowest BCUT2D eigenvalue weighted by Crippen LogP contribution is -2.38. The lowest BCUT2D eigenvalue weighted by molar-refractivity contribution is -0.0225. The van der Waals surface area contributed by atoms with Crippen LogP contribution in [-0.2, 0) is 4.74 Å². The van der Waals surface area contributed by atoms with Gasteiger partial charge in [0.25, 0.3) is 11.5 Å². The Morgan fingerprint density at radius 3 is 2.74 bits per heavy atom. The zero-order valence-corrected chi connectivity index (χ0v) is 13.9. The van der Waals surface area contributed by atoms with E-state index in [1.54, 1.807) is 19.9 Å². The minimum absolute atomic E-state index is 0.0678.